The van der Waals surface area contributed by atoms with Gasteiger partial charge in [0.1, 0.15) is 44.9 Å². The van der Waals surface area contributed by atoms with Crippen molar-refractivity contribution in [3.8, 4) is 22.9 Å². The molecule has 10 heteroatoms. The summed E-state index contributed by atoms with van der Waals surface area (Å²) in [5.41, 5.74) is 7.62. The number of nitrogens with zero attached hydrogens (tertiary/aromatic N) is 8. The highest BCUT2D eigenvalue weighted by atomic mass is 16.3. The number of hydrogen-bond acceptors (Lipinski definition) is 8. The average molecular weight is 563 g/mol. The Morgan fingerprint density at radius 1 is 0.595 bits per heavy atom. The van der Waals surface area contributed by atoms with Gasteiger partial charge in [0.25, 0.3) is 0 Å². The number of aromatic hydroxyl groups is 2. The molecule has 10 nitrogen and oxygen atoms in total. The third kappa shape index (κ3) is 5.54. The number of phenolic OH excluding ortho intramolecular Hbond substituents is 2. The van der Waals surface area contributed by atoms with Gasteiger partial charge in [-0.3, -0.25) is 4.90 Å². The lowest BCUT2D eigenvalue weighted by Crippen LogP contribution is -2.31. The van der Waals surface area contributed by atoms with Crippen LogP contribution in [-0.4, -0.2) is 77.2 Å². The van der Waals surface area contributed by atoms with Crippen LogP contribution < -0.4 is 0 Å². The van der Waals surface area contributed by atoms with Gasteiger partial charge in [0.2, 0.25) is 0 Å². The zero-order valence-electron chi connectivity index (χ0n) is 24.2. The lowest BCUT2D eigenvalue weighted by atomic mass is 10.1. The largest absolute Gasteiger partial charge is 0.505 e. The summed E-state index contributed by atoms with van der Waals surface area (Å²) in [5.74, 6) is 0.273. The molecule has 2 aromatic heterocycles. The number of aromatic nitrogens is 6. The van der Waals surface area contributed by atoms with Gasteiger partial charge in [-0.1, -0.05) is 36.4 Å². The first-order chi connectivity index (χ1) is 20.2. The molecule has 0 saturated heterocycles. The second-order valence-electron chi connectivity index (χ2n) is 11.1. The molecule has 6 aromatic rings. The van der Waals surface area contributed by atoms with Crippen LogP contribution in [0.4, 0.5) is 0 Å². The molecule has 6 rings (SSSR count). The molecule has 0 fully saturated rings. The lowest BCUT2D eigenvalue weighted by molar-refractivity contribution is 0.221. The molecule has 0 aliphatic rings. The van der Waals surface area contributed by atoms with E-state index in [1.807, 2.05) is 101 Å². The molecule has 0 aliphatic heterocycles. The van der Waals surface area contributed by atoms with Crippen LogP contribution in [-0.2, 0) is 13.1 Å². The second-order valence-corrected chi connectivity index (χ2v) is 11.1. The van der Waals surface area contributed by atoms with Gasteiger partial charge in [0, 0.05) is 37.3 Å². The summed E-state index contributed by atoms with van der Waals surface area (Å²) < 4.78 is 0. The first-order valence-electron chi connectivity index (χ1n) is 13.9. The summed E-state index contributed by atoms with van der Waals surface area (Å²) in [6, 6.07) is 23.0. The van der Waals surface area contributed by atoms with Gasteiger partial charge in [-0.25, -0.2) is 0 Å². The maximum Gasteiger partial charge on any atom is 0.147 e. The summed E-state index contributed by atoms with van der Waals surface area (Å²) in [6.07, 6.45) is 0. The van der Waals surface area contributed by atoms with Gasteiger partial charge in [-0.05, 0) is 75.5 Å². The Bertz CT molecular complexity index is 1690. The summed E-state index contributed by atoms with van der Waals surface area (Å²) in [5, 5.41) is 41.2. The molecular weight excluding hydrogens is 528 g/mol. The van der Waals surface area contributed by atoms with Gasteiger partial charge >= 0.3 is 0 Å². The molecule has 0 spiro atoms. The van der Waals surface area contributed by atoms with E-state index in [4.69, 9.17) is 0 Å². The van der Waals surface area contributed by atoms with Crippen molar-refractivity contribution in [1.82, 2.24) is 39.8 Å². The molecule has 42 heavy (non-hydrogen) atoms. The van der Waals surface area contributed by atoms with Crippen molar-refractivity contribution in [3.63, 3.8) is 0 Å². The Labute approximate surface area is 244 Å². The molecule has 0 unspecified atom stereocenters. The number of phenols is 2. The fourth-order valence-corrected chi connectivity index (χ4v) is 5.18. The lowest BCUT2D eigenvalue weighted by Gasteiger charge is -2.26. The predicted molar refractivity (Wildman–Crippen MR) is 163 cm³/mol. The van der Waals surface area contributed by atoms with Crippen molar-refractivity contribution in [2.45, 2.75) is 26.9 Å². The number of rotatable bonds is 9. The van der Waals surface area contributed by atoms with E-state index in [1.54, 1.807) is 0 Å². The van der Waals surface area contributed by atoms with Crippen molar-refractivity contribution in [2.24, 2.45) is 0 Å². The monoisotopic (exact) mass is 562 g/mol. The minimum atomic E-state index is 0.136. The molecule has 0 aliphatic carbocycles. The van der Waals surface area contributed by atoms with Crippen LogP contribution in [0.15, 0.2) is 72.8 Å². The first kappa shape index (κ1) is 27.4. The molecular formula is C32H34N8O2. The highest BCUT2D eigenvalue weighted by molar-refractivity contribution is 5.74. The zero-order chi connectivity index (χ0) is 29.4. The van der Waals surface area contributed by atoms with E-state index in [9.17, 15) is 10.2 Å². The van der Waals surface area contributed by atoms with E-state index in [1.165, 1.54) is 9.59 Å². The minimum Gasteiger partial charge on any atom is -0.505 e. The Hall–Kier alpha value is -4.80. The first-order valence-corrected chi connectivity index (χ1v) is 13.9. The van der Waals surface area contributed by atoms with E-state index in [-0.39, 0.29) is 11.5 Å². The molecule has 2 N–H and O–H groups in total. The molecule has 0 saturated carbocycles. The van der Waals surface area contributed by atoms with Crippen LogP contribution in [0.25, 0.3) is 33.4 Å². The maximum absolute atomic E-state index is 11.4. The van der Waals surface area contributed by atoms with E-state index < -0.39 is 0 Å². The number of hydrogen-bond donors (Lipinski definition) is 2. The van der Waals surface area contributed by atoms with E-state index in [2.05, 4.69) is 30.2 Å². The third-order valence-corrected chi connectivity index (χ3v) is 7.28. The van der Waals surface area contributed by atoms with Gasteiger partial charge in [0.05, 0.1) is 0 Å². The van der Waals surface area contributed by atoms with Crippen LogP contribution >= 0.6 is 0 Å². The van der Waals surface area contributed by atoms with Gasteiger partial charge < -0.3 is 15.1 Å². The topological polar surface area (TPSA) is 108 Å². The van der Waals surface area contributed by atoms with Crippen LogP contribution in [0, 0.1) is 13.8 Å². The Kier molecular flexibility index (Phi) is 7.32. The highest BCUT2D eigenvalue weighted by Crippen LogP contribution is 2.32. The Morgan fingerprint density at radius 2 is 0.976 bits per heavy atom. The molecule has 214 valence electrons. The molecule has 0 radical (unpaired) electrons. The highest BCUT2D eigenvalue weighted by Gasteiger charge is 2.20. The van der Waals surface area contributed by atoms with E-state index in [0.29, 0.717) is 31.0 Å². The number of likely N-dealkylation sites (N-methyl/N-ethyl adjacent to an activating group) is 1. The second kappa shape index (κ2) is 11.2. The predicted octanol–water partition coefficient (Wildman–Crippen LogP) is 4.75. The SMILES string of the molecule is Cc1cc(CN(CCN(C)C)Cc2cc(C)cc(-n3nc4ccccc4n3)c2O)c(O)c(-n2nc3ccccc3n2)c1. The molecule has 4 aromatic carbocycles. The summed E-state index contributed by atoms with van der Waals surface area (Å²) in [6.45, 7) is 6.44. The van der Waals surface area contributed by atoms with Crippen molar-refractivity contribution < 1.29 is 10.2 Å². The Balaban J connectivity index is 1.34. The van der Waals surface area contributed by atoms with Crippen molar-refractivity contribution in [2.75, 3.05) is 27.2 Å². The number of fused-ring (bicyclic) bond motifs is 2. The normalized spacial score (nSPS) is 11.9. The van der Waals surface area contributed by atoms with Crippen molar-refractivity contribution >= 4 is 22.1 Å². The zero-order valence-corrected chi connectivity index (χ0v) is 24.2. The van der Waals surface area contributed by atoms with E-state index >= 15 is 0 Å². The average Bonchev–Trinajstić information content (AvgIpc) is 3.59. The van der Waals surface area contributed by atoms with Crippen LogP contribution in [0.5, 0.6) is 11.5 Å². The third-order valence-electron chi connectivity index (χ3n) is 7.28. The summed E-state index contributed by atoms with van der Waals surface area (Å²) in [7, 11) is 4.07. The minimum absolute atomic E-state index is 0.136. The van der Waals surface area contributed by atoms with Crippen LogP contribution in [0.2, 0.25) is 0 Å². The van der Waals surface area contributed by atoms with Gasteiger partial charge in [-0.2, -0.15) is 0 Å². The van der Waals surface area contributed by atoms with Gasteiger partial charge in [0.15, 0.2) is 0 Å². The molecule has 2 heterocycles. The Morgan fingerprint density at radius 3 is 1.33 bits per heavy atom. The summed E-state index contributed by atoms with van der Waals surface area (Å²) >= 11 is 0. The van der Waals surface area contributed by atoms with Crippen molar-refractivity contribution in [1.29, 1.82) is 0 Å². The standard InChI is InChI=1S/C32H34N8O2/c1-21-15-23(31(41)29(17-21)39-33-25-9-5-6-10-26(25)34-39)19-38(14-13-37(3)4)20-24-16-22(2)18-30(32(24)42)40-35-27-11-7-8-12-28(27)36-40/h5-12,15-18,41-42H,13-14,19-20H2,1-4H3. The quantitative estimate of drug-likeness (QED) is 0.260. The molecule has 0 bridgehead atoms. The maximum atomic E-state index is 11.4. The molecule has 0 atom stereocenters. The van der Waals surface area contributed by atoms with Crippen LogP contribution in [0.1, 0.15) is 22.3 Å². The van der Waals surface area contributed by atoms with Crippen LogP contribution in [0.3, 0.4) is 0 Å². The van der Waals surface area contributed by atoms with Crippen molar-refractivity contribution in [3.05, 3.63) is 95.1 Å². The number of aryl methyl sites for hydroxylation is 2. The van der Waals surface area contributed by atoms with E-state index in [0.717, 1.165) is 50.9 Å². The molecule has 0 amide bonds. The van der Waals surface area contributed by atoms with Gasteiger partial charge in [-0.15, -0.1) is 30.0 Å². The smallest absolute Gasteiger partial charge is 0.147 e. The fourth-order valence-electron chi connectivity index (χ4n) is 5.18. The summed E-state index contributed by atoms with van der Waals surface area (Å²) in [4.78, 5) is 7.34. The fraction of sp³-hybridized carbons (Fsp3) is 0.250. The number of benzene rings is 4.